The molecule has 3 rings (SSSR count). The molecule has 0 spiro atoms. The summed E-state index contributed by atoms with van der Waals surface area (Å²) < 4.78 is 6.25. The third kappa shape index (κ3) is 2.58. The topological polar surface area (TPSA) is 53.7 Å². The number of hydrogen-bond donors (Lipinski definition) is 1. The lowest BCUT2D eigenvalue weighted by Crippen LogP contribution is -2.21. The number of rotatable bonds is 4. The van der Waals surface area contributed by atoms with Crippen molar-refractivity contribution in [3.63, 3.8) is 0 Å². The van der Waals surface area contributed by atoms with E-state index in [1.165, 1.54) is 0 Å². The quantitative estimate of drug-likeness (QED) is 0.927. The minimum absolute atomic E-state index is 0.0436. The third-order valence-corrected chi connectivity index (χ3v) is 3.98. The van der Waals surface area contributed by atoms with Crippen molar-refractivity contribution in [3.05, 3.63) is 52.4 Å². The maximum Gasteiger partial charge on any atom is 0.304 e. The zero-order chi connectivity index (χ0) is 14.1. The van der Waals surface area contributed by atoms with Gasteiger partial charge in [0, 0.05) is 18.2 Å². The van der Waals surface area contributed by atoms with E-state index < -0.39 is 5.97 Å². The molecule has 5 heteroatoms. The average Bonchev–Trinajstić information content (AvgIpc) is 2.95. The van der Waals surface area contributed by atoms with Gasteiger partial charge in [-0.3, -0.25) is 4.79 Å². The highest BCUT2D eigenvalue weighted by molar-refractivity contribution is 9.10. The SMILES string of the molecule is O=C(O)CC1CN(Cc2ccc(Br)o2)c2ccccc21. The van der Waals surface area contributed by atoms with Crippen LogP contribution >= 0.6 is 15.9 Å². The van der Waals surface area contributed by atoms with Gasteiger partial charge in [0.2, 0.25) is 0 Å². The van der Waals surface area contributed by atoms with Crippen molar-refractivity contribution in [3.8, 4) is 0 Å². The largest absolute Gasteiger partial charge is 0.481 e. The van der Waals surface area contributed by atoms with Crippen molar-refractivity contribution in [2.45, 2.75) is 18.9 Å². The number of hydrogen-bond acceptors (Lipinski definition) is 3. The number of halogens is 1. The minimum Gasteiger partial charge on any atom is -0.481 e. The zero-order valence-electron chi connectivity index (χ0n) is 10.8. The van der Waals surface area contributed by atoms with Gasteiger partial charge in [-0.2, -0.15) is 0 Å². The fourth-order valence-electron chi connectivity index (χ4n) is 2.74. The number of para-hydroxylation sites is 1. The second-order valence-electron chi connectivity index (χ2n) is 4.94. The van der Waals surface area contributed by atoms with E-state index in [1.54, 1.807) is 0 Å². The third-order valence-electron chi connectivity index (χ3n) is 3.55. The van der Waals surface area contributed by atoms with E-state index in [1.807, 2.05) is 36.4 Å². The van der Waals surface area contributed by atoms with Gasteiger partial charge in [-0.25, -0.2) is 0 Å². The summed E-state index contributed by atoms with van der Waals surface area (Å²) in [6, 6.07) is 11.8. The first kappa shape index (κ1) is 13.2. The van der Waals surface area contributed by atoms with E-state index in [2.05, 4.69) is 20.8 Å². The standard InChI is InChI=1S/C15H14BrNO3/c16-14-6-5-11(20-14)9-17-8-10(7-15(18)19)12-3-1-2-4-13(12)17/h1-6,10H,7-9H2,(H,18,19). The molecule has 0 saturated carbocycles. The smallest absolute Gasteiger partial charge is 0.304 e. The minimum atomic E-state index is -0.757. The Labute approximate surface area is 125 Å². The summed E-state index contributed by atoms with van der Waals surface area (Å²) in [6.45, 7) is 1.36. The molecule has 1 atom stereocenters. The molecular formula is C15H14BrNO3. The molecule has 0 bridgehead atoms. The van der Waals surface area contributed by atoms with Gasteiger partial charge in [0.1, 0.15) is 5.76 Å². The molecule has 20 heavy (non-hydrogen) atoms. The molecule has 104 valence electrons. The van der Waals surface area contributed by atoms with Crippen LogP contribution in [-0.2, 0) is 11.3 Å². The lowest BCUT2D eigenvalue weighted by atomic mass is 9.98. The van der Waals surface area contributed by atoms with Crippen molar-refractivity contribution >= 4 is 27.6 Å². The number of fused-ring (bicyclic) bond motifs is 1. The summed E-state index contributed by atoms with van der Waals surface area (Å²) in [5, 5.41) is 9.04. The van der Waals surface area contributed by atoms with Crippen molar-refractivity contribution < 1.29 is 14.3 Å². The number of carboxylic acid groups (broad SMARTS) is 1. The summed E-state index contributed by atoms with van der Waals surface area (Å²) >= 11 is 3.29. The zero-order valence-corrected chi connectivity index (χ0v) is 12.3. The number of anilines is 1. The molecule has 0 fully saturated rings. The number of benzene rings is 1. The van der Waals surface area contributed by atoms with Gasteiger partial charge < -0.3 is 14.4 Å². The monoisotopic (exact) mass is 335 g/mol. The highest BCUT2D eigenvalue weighted by Gasteiger charge is 2.30. The Bertz CT molecular complexity index is 638. The summed E-state index contributed by atoms with van der Waals surface area (Å²) in [5.74, 6) is 0.150. The second-order valence-corrected chi connectivity index (χ2v) is 5.72. The van der Waals surface area contributed by atoms with Crippen LogP contribution < -0.4 is 4.90 Å². The fraction of sp³-hybridized carbons (Fsp3) is 0.267. The molecule has 2 aromatic rings. The van der Waals surface area contributed by atoms with E-state index in [9.17, 15) is 4.79 Å². The maximum absolute atomic E-state index is 11.0. The normalized spacial score (nSPS) is 17.2. The Kier molecular flexibility index (Phi) is 3.53. The van der Waals surface area contributed by atoms with Crippen LogP contribution in [0.5, 0.6) is 0 Å². The molecule has 0 radical (unpaired) electrons. The molecule has 2 heterocycles. The summed E-state index contributed by atoms with van der Waals surface area (Å²) in [7, 11) is 0. The molecule has 1 unspecified atom stereocenters. The van der Waals surface area contributed by atoms with Crippen molar-refractivity contribution in [2.24, 2.45) is 0 Å². The number of carbonyl (C=O) groups is 1. The molecular weight excluding hydrogens is 322 g/mol. The molecule has 0 aliphatic carbocycles. The second kappa shape index (κ2) is 5.32. The van der Waals surface area contributed by atoms with Crippen molar-refractivity contribution in [2.75, 3.05) is 11.4 Å². The Morgan fingerprint density at radius 1 is 1.35 bits per heavy atom. The summed E-state index contributed by atoms with van der Waals surface area (Å²) in [4.78, 5) is 13.2. The van der Waals surface area contributed by atoms with Crippen LogP contribution in [-0.4, -0.2) is 17.6 Å². The molecule has 1 aromatic carbocycles. The van der Waals surface area contributed by atoms with Crippen molar-refractivity contribution in [1.29, 1.82) is 0 Å². The number of nitrogens with zero attached hydrogens (tertiary/aromatic N) is 1. The first-order chi connectivity index (χ1) is 9.63. The molecule has 1 aliphatic rings. The first-order valence-electron chi connectivity index (χ1n) is 6.43. The molecule has 1 aromatic heterocycles. The van der Waals surface area contributed by atoms with E-state index in [0.717, 1.165) is 17.0 Å². The summed E-state index contributed by atoms with van der Waals surface area (Å²) in [5.41, 5.74) is 2.21. The van der Waals surface area contributed by atoms with Crippen LogP contribution in [0.25, 0.3) is 0 Å². The Hall–Kier alpha value is -1.75. The molecule has 1 aliphatic heterocycles. The van der Waals surface area contributed by atoms with E-state index in [-0.39, 0.29) is 12.3 Å². The van der Waals surface area contributed by atoms with Gasteiger partial charge in [-0.1, -0.05) is 18.2 Å². The van der Waals surface area contributed by atoms with Crippen LogP contribution in [0.1, 0.15) is 23.7 Å². The highest BCUT2D eigenvalue weighted by Crippen LogP contribution is 2.38. The van der Waals surface area contributed by atoms with Gasteiger partial charge in [0.05, 0.1) is 13.0 Å². The molecule has 0 saturated heterocycles. The van der Waals surface area contributed by atoms with Crippen LogP contribution in [0.15, 0.2) is 45.5 Å². The summed E-state index contributed by atoms with van der Waals surface area (Å²) in [6.07, 6.45) is 0.162. The fourth-order valence-corrected chi connectivity index (χ4v) is 3.08. The van der Waals surface area contributed by atoms with Crippen LogP contribution in [0.2, 0.25) is 0 Å². The highest BCUT2D eigenvalue weighted by atomic mass is 79.9. The molecule has 1 N–H and O–H groups in total. The Morgan fingerprint density at radius 2 is 2.15 bits per heavy atom. The lowest BCUT2D eigenvalue weighted by Gasteiger charge is -2.18. The first-order valence-corrected chi connectivity index (χ1v) is 7.22. The van der Waals surface area contributed by atoms with Gasteiger partial charge in [0.25, 0.3) is 0 Å². The molecule has 4 nitrogen and oxygen atoms in total. The van der Waals surface area contributed by atoms with Crippen LogP contribution in [0, 0.1) is 0 Å². The average molecular weight is 336 g/mol. The van der Waals surface area contributed by atoms with Crippen LogP contribution in [0.4, 0.5) is 5.69 Å². The number of aliphatic carboxylic acids is 1. The lowest BCUT2D eigenvalue weighted by molar-refractivity contribution is -0.137. The van der Waals surface area contributed by atoms with E-state index in [4.69, 9.17) is 9.52 Å². The maximum atomic E-state index is 11.0. The Balaban J connectivity index is 1.84. The van der Waals surface area contributed by atoms with Gasteiger partial charge in [-0.15, -0.1) is 0 Å². The van der Waals surface area contributed by atoms with Gasteiger partial charge >= 0.3 is 5.97 Å². The van der Waals surface area contributed by atoms with E-state index in [0.29, 0.717) is 17.8 Å². The molecule has 0 amide bonds. The van der Waals surface area contributed by atoms with Crippen molar-refractivity contribution in [1.82, 2.24) is 0 Å². The van der Waals surface area contributed by atoms with E-state index >= 15 is 0 Å². The Morgan fingerprint density at radius 3 is 2.85 bits per heavy atom. The van der Waals surface area contributed by atoms with Gasteiger partial charge in [0.15, 0.2) is 4.67 Å². The predicted molar refractivity (Wildman–Crippen MR) is 78.9 cm³/mol. The van der Waals surface area contributed by atoms with Gasteiger partial charge in [-0.05, 0) is 39.7 Å². The van der Waals surface area contributed by atoms with Crippen LogP contribution in [0.3, 0.4) is 0 Å². The number of carboxylic acids is 1. The predicted octanol–water partition coefficient (Wildman–Crippen LogP) is 3.62. The number of furan rings is 1.